The van der Waals surface area contributed by atoms with E-state index in [1.54, 1.807) is 0 Å². The van der Waals surface area contributed by atoms with E-state index in [0.717, 1.165) is 51.4 Å². The number of amides is 1. The minimum absolute atomic E-state index is 0.0952. The number of benzene rings is 1. The Morgan fingerprint density at radius 1 is 1.40 bits per heavy atom. The van der Waals surface area contributed by atoms with Crippen LogP contribution in [0.15, 0.2) is 18.2 Å². The summed E-state index contributed by atoms with van der Waals surface area (Å²) in [6.07, 6.45) is 0.827. The van der Waals surface area contributed by atoms with E-state index in [2.05, 4.69) is 10.2 Å². The zero-order chi connectivity index (χ0) is 14.4. The second kappa shape index (κ2) is 7.21. The van der Waals surface area contributed by atoms with Gasteiger partial charge in [0.15, 0.2) is 0 Å². The number of phenolic OH excluding ortho intramolecular Hbond substituents is 1. The molecule has 0 saturated carbocycles. The highest BCUT2D eigenvalue weighted by Crippen LogP contribution is 2.17. The summed E-state index contributed by atoms with van der Waals surface area (Å²) >= 11 is 0. The van der Waals surface area contributed by atoms with Gasteiger partial charge in [0, 0.05) is 25.7 Å². The fourth-order valence-electron chi connectivity index (χ4n) is 2.12. The molecule has 5 nitrogen and oxygen atoms in total. The summed E-state index contributed by atoms with van der Waals surface area (Å²) < 4.78 is 18.1. The van der Waals surface area contributed by atoms with Gasteiger partial charge in [0.25, 0.3) is 5.91 Å². The molecule has 1 aromatic carbocycles. The highest BCUT2D eigenvalue weighted by atomic mass is 19.1. The first-order valence-corrected chi connectivity index (χ1v) is 6.73. The monoisotopic (exact) mass is 282 g/mol. The molecule has 20 heavy (non-hydrogen) atoms. The van der Waals surface area contributed by atoms with Crippen LogP contribution in [0.25, 0.3) is 0 Å². The van der Waals surface area contributed by atoms with Crippen molar-refractivity contribution < 1.29 is 19.0 Å². The number of halogens is 1. The molecule has 110 valence electrons. The summed E-state index contributed by atoms with van der Waals surface area (Å²) in [5.41, 5.74) is 0.0952. The molecule has 6 heteroatoms. The van der Waals surface area contributed by atoms with Crippen molar-refractivity contribution in [3.05, 3.63) is 29.6 Å². The molecule has 1 heterocycles. The Kier molecular flexibility index (Phi) is 5.31. The normalized spacial score (nSPS) is 16.1. The molecule has 2 rings (SSSR count). The predicted molar refractivity (Wildman–Crippen MR) is 72.3 cm³/mol. The zero-order valence-corrected chi connectivity index (χ0v) is 11.3. The van der Waals surface area contributed by atoms with Crippen molar-refractivity contribution in [2.24, 2.45) is 0 Å². The molecule has 0 unspecified atom stereocenters. The quantitative estimate of drug-likeness (QED) is 0.790. The van der Waals surface area contributed by atoms with Crippen molar-refractivity contribution in [3.8, 4) is 5.75 Å². The molecule has 0 aliphatic carbocycles. The topological polar surface area (TPSA) is 61.8 Å². The third-order valence-electron chi connectivity index (χ3n) is 3.24. The maximum Gasteiger partial charge on any atom is 0.255 e. The van der Waals surface area contributed by atoms with Crippen LogP contribution in [0.2, 0.25) is 0 Å². The fraction of sp³-hybridized carbons (Fsp3) is 0.500. The van der Waals surface area contributed by atoms with Gasteiger partial charge in [-0.3, -0.25) is 9.69 Å². The lowest BCUT2D eigenvalue weighted by molar-refractivity contribution is 0.0374. The average molecular weight is 282 g/mol. The van der Waals surface area contributed by atoms with Crippen LogP contribution in [0.4, 0.5) is 4.39 Å². The number of aromatic hydroxyl groups is 1. The number of ether oxygens (including phenoxy) is 1. The molecular formula is C14H19FN2O3. The van der Waals surface area contributed by atoms with E-state index < -0.39 is 5.82 Å². The predicted octanol–water partition coefficient (Wildman–Crippen LogP) is 0.983. The standard InChI is InChI=1S/C14H19FN2O3/c15-11-2-3-12(13(18)10-11)14(19)16-4-1-5-17-6-8-20-9-7-17/h2-3,10,18H,1,4-9H2,(H,16,19). The molecule has 1 fully saturated rings. The molecule has 1 aliphatic rings. The largest absolute Gasteiger partial charge is 0.507 e. The summed E-state index contributed by atoms with van der Waals surface area (Å²) in [6.45, 7) is 4.79. The number of phenols is 1. The molecule has 1 amide bonds. The van der Waals surface area contributed by atoms with Crippen LogP contribution >= 0.6 is 0 Å². The van der Waals surface area contributed by atoms with Crippen LogP contribution in [0.5, 0.6) is 5.75 Å². The lowest BCUT2D eigenvalue weighted by Gasteiger charge is -2.26. The molecule has 1 aromatic rings. The number of rotatable bonds is 5. The second-order valence-corrected chi connectivity index (χ2v) is 4.72. The first-order valence-electron chi connectivity index (χ1n) is 6.73. The van der Waals surface area contributed by atoms with E-state index in [-0.39, 0.29) is 17.2 Å². The van der Waals surface area contributed by atoms with E-state index in [9.17, 15) is 14.3 Å². The Morgan fingerprint density at radius 2 is 2.15 bits per heavy atom. The number of carbonyl (C=O) groups is 1. The summed E-state index contributed by atoms with van der Waals surface area (Å²) in [4.78, 5) is 14.1. The Morgan fingerprint density at radius 3 is 2.85 bits per heavy atom. The lowest BCUT2D eigenvalue weighted by atomic mass is 10.2. The number of hydrogen-bond donors (Lipinski definition) is 2. The maximum absolute atomic E-state index is 12.8. The fourth-order valence-corrected chi connectivity index (χ4v) is 2.12. The summed E-state index contributed by atoms with van der Waals surface area (Å²) in [7, 11) is 0. The first-order chi connectivity index (χ1) is 9.66. The van der Waals surface area contributed by atoms with Crippen LogP contribution in [0.1, 0.15) is 16.8 Å². The van der Waals surface area contributed by atoms with Crippen LogP contribution in [-0.4, -0.2) is 55.3 Å². The van der Waals surface area contributed by atoms with Crippen LogP contribution < -0.4 is 5.32 Å². The number of nitrogens with one attached hydrogen (secondary N) is 1. The summed E-state index contributed by atoms with van der Waals surface area (Å²) in [6, 6.07) is 3.37. The minimum atomic E-state index is -0.564. The van der Waals surface area contributed by atoms with Gasteiger partial charge in [-0.05, 0) is 25.1 Å². The van der Waals surface area contributed by atoms with Crippen molar-refractivity contribution >= 4 is 5.91 Å². The van der Waals surface area contributed by atoms with Crippen molar-refractivity contribution in [2.45, 2.75) is 6.42 Å². The number of carbonyl (C=O) groups excluding carboxylic acids is 1. The molecule has 0 bridgehead atoms. The van der Waals surface area contributed by atoms with E-state index in [4.69, 9.17) is 4.74 Å². The van der Waals surface area contributed by atoms with Gasteiger partial charge in [0.05, 0.1) is 18.8 Å². The molecule has 0 spiro atoms. The lowest BCUT2D eigenvalue weighted by Crippen LogP contribution is -2.38. The number of morpholine rings is 1. The SMILES string of the molecule is O=C(NCCCN1CCOCC1)c1ccc(F)cc1O. The Bertz CT molecular complexity index is 462. The molecule has 2 N–H and O–H groups in total. The third kappa shape index (κ3) is 4.18. The van der Waals surface area contributed by atoms with E-state index >= 15 is 0 Å². The third-order valence-corrected chi connectivity index (χ3v) is 3.24. The average Bonchev–Trinajstić information content (AvgIpc) is 2.44. The Labute approximate surface area is 117 Å². The van der Waals surface area contributed by atoms with Gasteiger partial charge < -0.3 is 15.2 Å². The minimum Gasteiger partial charge on any atom is -0.507 e. The molecule has 0 radical (unpaired) electrons. The van der Waals surface area contributed by atoms with E-state index in [1.807, 2.05) is 0 Å². The van der Waals surface area contributed by atoms with Crippen molar-refractivity contribution in [1.29, 1.82) is 0 Å². The van der Waals surface area contributed by atoms with Gasteiger partial charge in [-0.15, -0.1) is 0 Å². The van der Waals surface area contributed by atoms with Crippen molar-refractivity contribution in [2.75, 3.05) is 39.4 Å². The van der Waals surface area contributed by atoms with E-state index in [1.165, 1.54) is 6.07 Å². The molecule has 1 saturated heterocycles. The van der Waals surface area contributed by atoms with Gasteiger partial charge in [0.1, 0.15) is 11.6 Å². The molecule has 0 aromatic heterocycles. The molecular weight excluding hydrogens is 263 g/mol. The highest BCUT2D eigenvalue weighted by Gasteiger charge is 2.12. The number of nitrogens with zero attached hydrogens (tertiary/aromatic N) is 1. The second-order valence-electron chi connectivity index (χ2n) is 4.72. The molecule has 0 atom stereocenters. The van der Waals surface area contributed by atoms with Crippen LogP contribution in [-0.2, 0) is 4.74 Å². The van der Waals surface area contributed by atoms with Gasteiger partial charge in [-0.1, -0.05) is 0 Å². The Balaban J connectivity index is 1.72. The van der Waals surface area contributed by atoms with Crippen molar-refractivity contribution in [1.82, 2.24) is 10.2 Å². The van der Waals surface area contributed by atoms with Gasteiger partial charge >= 0.3 is 0 Å². The van der Waals surface area contributed by atoms with Crippen molar-refractivity contribution in [3.63, 3.8) is 0 Å². The smallest absolute Gasteiger partial charge is 0.255 e. The van der Waals surface area contributed by atoms with E-state index in [0.29, 0.717) is 6.54 Å². The van der Waals surface area contributed by atoms with Crippen LogP contribution in [0, 0.1) is 5.82 Å². The van der Waals surface area contributed by atoms with Crippen LogP contribution in [0.3, 0.4) is 0 Å². The van der Waals surface area contributed by atoms with Gasteiger partial charge in [-0.2, -0.15) is 0 Å². The Hall–Kier alpha value is -1.66. The summed E-state index contributed by atoms with van der Waals surface area (Å²) in [5.74, 6) is -1.29. The number of hydrogen-bond acceptors (Lipinski definition) is 4. The maximum atomic E-state index is 12.8. The highest BCUT2D eigenvalue weighted by molar-refractivity contribution is 5.96. The first kappa shape index (κ1) is 14.7. The zero-order valence-electron chi connectivity index (χ0n) is 11.3. The van der Waals surface area contributed by atoms with Gasteiger partial charge in [-0.25, -0.2) is 4.39 Å². The van der Waals surface area contributed by atoms with Gasteiger partial charge in [0.2, 0.25) is 0 Å². The summed E-state index contributed by atoms with van der Waals surface area (Å²) in [5, 5.41) is 12.2. The molecule has 1 aliphatic heterocycles.